The smallest absolute Gasteiger partial charge is 0.293 e. The Morgan fingerprint density at radius 2 is 2.18 bits per heavy atom. The Hall–Kier alpha value is -3.05. The lowest BCUT2D eigenvalue weighted by molar-refractivity contribution is 0.0163. The fourth-order valence-electron chi connectivity index (χ4n) is 3.34. The zero-order valence-corrected chi connectivity index (χ0v) is 20.0. The number of benzene rings is 1. The van der Waals surface area contributed by atoms with Gasteiger partial charge in [-0.05, 0) is 59.0 Å². The van der Waals surface area contributed by atoms with Crippen molar-refractivity contribution in [2.75, 3.05) is 18.5 Å². The summed E-state index contributed by atoms with van der Waals surface area (Å²) in [6.07, 6.45) is 3.20. The van der Waals surface area contributed by atoms with Crippen LogP contribution in [0.3, 0.4) is 0 Å². The fraction of sp³-hybridized carbons (Fsp3) is 0.136. The van der Waals surface area contributed by atoms with Crippen molar-refractivity contribution in [1.29, 1.82) is 5.26 Å². The van der Waals surface area contributed by atoms with Crippen LogP contribution in [0.25, 0.3) is 10.9 Å². The highest BCUT2D eigenvalue weighted by atomic mass is 127. The van der Waals surface area contributed by atoms with Gasteiger partial charge in [0.1, 0.15) is 22.5 Å². The van der Waals surface area contributed by atoms with E-state index in [4.69, 9.17) is 15.2 Å². The van der Waals surface area contributed by atoms with Crippen LogP contribution in [0.4, 0.5) is 15.8 Å². The highest BCUT2D eigenvalue weighted by Gasteiger charge is 2.25. The third-order valence-electron chi connectivity index (χ3n) is 4.71. The molecule has 0 aliphatic rings. The highest BCUT2D eigenvalue weighted by Crippen LogP contribution is 2.35. The van der Waals surface area contributed by atoms with Crippen LogP contribution < -0.4 is 10.8 Å². The molecule has 0 aliphatic carbocycles. The molecule has 0 saturated heterocycles. The van der Waals surface area contributed by atoms with Crippen molar-refractivity contribution >= 4 is 62.1 Å². The number of thiophene rings is 1. The van der Waals surface area contributed by atoms with Crippen LogP contribution in [0.1, 0.15) is 20.2 Å². The molecule has 1 aromatic carbocycles. The topological polar surface area (TPSA) is 112 Å². The van der Waals surface area contributed by atoms with E-state index in [1.54, 1.807) is 41.2 Å². The number of fused-ring (bicyclic) bond motifs is 1. The van der Waals surface area contributed by atoms with Gasteiger partial charge in [0, 0.05) is 26.2 Å². The second kappa shape index (κ2) is 10.3. The first-order chi connectivity index (χ1) is 16.0. The summed E-state index contributed by atoms with van der Waals surface area (Å²) in [6.45, 7) is -0.0523. The molecule has 3 heterocycles. The first-order valence-corrected chi connectivity index (χ1v) is 11.6. The Labute approximate surface area is 205 Å². The Morgan fingerprint density at radius 1 is 1.33 bits per heavy atom. The number of anilines is 2. The SMILES string of the molecule is N#Cc1ccc(Cn2c(C(=O)NOCCO)c(Nc3ccc(I)cc3F)c3cnccc32)s1. The molecule has 0 radical (unpaired) electrons. The van der Waals surface area contributed by atoms with Gasteiger partial charge in [0.2, 0.25) is 0 Å². The molecule has 3 aromatic heterocycles. The molecule has 0 saturated carbocycles. The summed E-state index contributed by atoms with van der Waals surface area (Å²) >= 11 is 3.34. The maximum atomic E-state index is 14.6. The molecule has 3 N–H and O–H groups in total. The van der Waals surface area contributed by atoms with Crippen molar-refractivity contribution in [3.8, 4) is 6.07 Å². The molecule has 1 amide bonds. The van der Waals surface area contributed by atoms with E-state index >= 15 is 0 Å². The monoisotopic (exact) mass is 577 g/mol. The third-order valence-corrected chi connectivity index (χ3v) is 6.36. The van der Waals surface area contributed by atoms with Gasteiger partial charge in [-0.15, -0.1) is 11.3 Å². The van der Waals surface area contributed by atoms with Crippen LogP contribution in [0.2, 0.25) is 0 Å². The molecule has 8 nitrogen and oxygen atoms in total. The van der Waals surface area contributed by atoms with Crippen molar-refractivity contribution < 1.29 is 19.1 Å². The fourth-order valence-corrected chi connectivity index (χ4v) is 4.59. The van der Waals surface area contributed by atoms with E-state index in [0.717, 1.165) is 8.45 Å². The quantitative estimate of drug-likeness (QED) is 0.165. The molecule has 4 aromatic rings. The molecule has 0 bridgehead atoms. The maximum absolute atomic E-state index is 14.6. The lowest BCUT2D eigenvalue weighted by atomic mass is 10.2. The number of nitriles is 1. The van der Waals surface area contributed by atoms with E-state index in [0.29, 0.717) is 28.0 Å². The lowest BCUT2D eigenvalue weighted by Crippen LogP contribution is -2.28. The molecule has 0 spiro atoms. The van der Waals surface area contributed by atoms with E-state index in [9.17, 15) is 9.18 Å². The summed E-state index contributed by atoms with van der Waals surface area (Å²) in [5.41, 5.74) is 3.78. The van der Waals surface area contributed by atoms with E-state index in [1.165, 1.54) is 17.4 Å². The number of aliphatic hydroxyl groups excluding tert-OH is 1. The number of pyridine rings is 1. The molecule has 0 atom stereocenters. The van der Waals surface area contributed by atoms with E-state index < -0.39 is 11.7 Å². The van der Waals surface area contributed by atoms with Gasteiger partial charge >= 0.3 is 0 Å². The summed E-state index contributed by atoms with van der Waals surface area (Å²) in [4.78, 5) is 23.8. The minimum absolute atomic E-state index is 0.0848. The predicted octanol–water partition coefficient (Wildman–Crippen LogP) is 4.16. The van der Waals surface area contributed by atoms with Crippen molar-refractivity contribution in [3.63, 3.8) is 0 Å². The predicted molar refractivity (Wildman–Crippen MR) is 131 cm³/mol. The van der Waals surface area contributed by atoms with Gasteiger partial charge in [0.05, 0.1) is 36.6 Å². The summed E-state index contributed by atoms with van der Waals surface area (Å²) in [6, 6.07) is 12.2. The van der Waals surface area contributed by atoms with Crippen LogP contribution in [-0.2, 0) is 11.4 Å². The summed E-state index contributed by atoms with van der Waals surface area (Å²) in [5, 5.41) is 21.8. The number of halogens is 2. The van der Waals surface area contributed by atoms with E-state index in [-0.39, 0.29) is 24.6 Å². The second-order valence-corrected chi connectivity index (χ2v) is 9.25. The van der Waals surface area contributed by atoms with Gasteiger partial charge in [-0.3, -0.25) is 14.6 Å². The molecule has 0 unspecified atom stereocenters. The Bertz CT molecular complexity index is 1360. The van der Waals surface area contributed by atoms with Crippen LogP contribution >= 0.6 is 33.9 Å². The molecule has 33 heavy (non-hydrogen) atoms. The Balaban J connectivity index is 1.86. The highest BCUT2D eigenvalue weighted by molar-refractivity contribution is 14.1. The molecule has 4 rings (SSSR count). The molecule has 0 aliphatic heterocycles. The number of nitrogens with one attached hydrogen (secondary N) is 2. The summed E-state index contributed by atoms with van der Waals surface area (Å²) in [5.74, 6) is -1.04. The summed E-state index contributed by atoms with van der Waals surface area (Å²) in [7, 11) is 0. The van der Waals surface area contributed by atoms with Gasteiger partial charge < -0.3 is 15.0 Å². The molecule has 0 fully saturated rings. The normalized spacial score (nSPS) is 10.8. The minimum Gasteiger partial charge on any atom is -0.394 e. The van der Waals surface area contributed by atoms with Crippen molar-refractivity contribution in [2.24, 2.45) is 0 Å². The van der Waals surface area contributed by atoms with Crippen molar-refractivity contribution in [3.05, 3.63) is 73.6 Å². The van der Waals surface area contributed by atoms with Gasteiger partial charge in [0.15, 0.2) is 0 Å². The lowest BCUT2D eigenvalue weighted by Gasteiger charge is -2.13. The van der Waals surface area contributed by atoms with Crippen LogP contribution in [0, 0.1) is 20.7 Å². The number of rotatable bonds is 8. The average molecular weight is 577 g/mol. The minimum atomic E-state index is -0.579. The first-order valence-electron chi connectivity index (χ1n) is 9.72. The number of aliphatic hydroxyl groups is 1. The third kappa shape index (κ3) is 4.98. The van der Waals surface area contributed by atoms with Crippen molar-refractivity contribution in [1.82, 2.24) is 15.0 Å². The second-order valence-electron chi connectivity index (χ2n) is 6.83. The number of nitrogens with zero attached hydrogens (tertiary/aromatic N) is 3. The zero-order chi connectivity index (χ0) is 23.4. The number of amides is 1. The largest absolute Gasteiger partial charge is 0.394 e. The number of carbonyl (C=O) groups is 1. The van der Waals surface area contributed by atoms with Gasteiger partial charge in [-0.1, -0.05) is 0 Å². The van der Waals surface area contributed by atoms with Gasteiger partial charge in [-0.25, -0.2) is 9.87 Å². The van der Waals surface area contributed by atoms with Crippen molar-refractivity contribution in [2.45, 2.75) is 6.54 Å². The van der Waals surface area contributed by atoms with Gasteiger partial charge in [0.25, 0.3) is 5.91 Å². The molecule has 11 heteroatoms. The van der Waals surface area contributed by atoms with E-state index in [2.05, 4.69) is 21.9 Å². The van der Waals surface area contributed by atoms with Crippen LogP contribution in [0.15, 0.2) is 48.8 Å². The van der Waals surface area contributed by atoms with E-state index in [1.807, 2.05) is 28.7 Å². The number of hydrogen-bond acceptors (Lipinski definition) is 7. The zero-order valence-electron chi connectivity index (χ0n) is 17.0. The molecular weight excluding hydrogens is 560 g/mol. The summed E-state index contributed by atoms with van der Waals surface area (Å²) < 4.78 is 17.1. The first kappa shape index (κ1) is 23.1. The number of carbonyl (C=O) groups excluding carboxylic acids is 1. The van der Waals surface area contributed by atoms with Crippen LogP contribution in [0.5, 0.6) is 0 Å². The Morgan fingerprint density at radius 3 is 2.91 bits per heavy atom. The van der Waals surface area contributed by atoms with Gasteiger partial charge in [-0.2, -0.15) is 5.26 Å². The standard InChI is InChI=1S/C22H17FIN5O3S/c23-17-9-13(24)1-4-18(17)27-20-16-11-26-6-5-19(16)29(12-15-3-2-14(10-25)33-15)21(20)22(31)28-32-8-7-30/h1-6,9,11,27,30H,7-8,12H2,(H,28,31). The van der Waals surface area contributed by atoms with Crippen LogP contribution in [-0.4, -0.2) is 33.8 Å². The maximum Gasteiger partial charge on any atom is 0.293 e. The number of hydroxylamine groups is 1. The molecule has 168 valence electrons. The Kier molecular flexibility index (Phi) is 7.19. The molecular formula is C22H17FIN5O3S. The average Bonchev–Trinajstić information content (AvgIpc) is 3.39. The number of aromatic nitrogens is 2. The number of hydrogen-bond donors (Lipinski definition) is 3.